The van der Waals surface area contributed by atoms with Crippen molar-refractivity contribution in [3.05, 3.63) is 211 Å². The maximum atomic E-state index is 6.27. The molecule has 0 atom stereocenters. The summed E-state index contributed by atoms with van der Waals surface area (Å²) in [7, 11) is 0. The van der Waals surface area contributed by atoms with Crippen LogP contribution in [0.25, 0.3) is 78.5 Å². The Bertz CT molecular complexity index is 2860. The lowest BCUT2D eigenvalue weighted by atomic mass is 9.67. The molecule has 1 aliphatic rings. The Morgan fingerprint density at radius 2 is 0.855 bits per heavy atom. The molecule has 5 heteroatoms. The summed E-state index contributed by atoms with van der Waals surface area (Å²) >= 11 is 0. The Morgan fingerprint density at radius 1 is 0.364 bits per heavy atom. The largest absolute Gasteiger partial charge is 0.436 e. The summed E-state index contributed by atoms with van der Waals surface area (Å²) in [5.41, 5.74) is 15.7. The van der Waals surface area contributed by atoms with Crippen molar-refractivity contribution in [3.63, 3.8) is 0 Å². The monoisotopic (exact) mass is 705 g/mol. The van der Waals surface area contributed by atoms with Gasteiger partial charge in [0.05, 0.1) is 5.41 Å². The van der Waals surface area contributed by atoms with Crippen LogP contribution in [0.15, 0.2) is 197 Å². The molecule has 0 saturated carbocycles. The fourth-order valence-corrected chi connectivity index (χ4v) is 8.41. The van der Waals surface area contributed by atoms with E-state index in [9.17, 15) is 0 Å². The van der Waals surface area contributed by atoms with Gasteiger partial charge in [0.15, 0.2) is 11.2 Å². The van der Waals surface area contributed by atoms with Crippen LogP contribution in [0.2, 0.25) is 0 Å². The van der Waals surface area contributed by atoms with E-state index in [0.29, 0.717) is 11.8 Å². The van der Waals surface area contributed by atoms with E-state index in [1.165, 1.54) is 33.4 Å². The molecule has 1 aliphatic carbocycles. The van der Waals surface area contributed by atoms with Crippen molar-refractivity contribution in [3.8, 4) is 56.3 Å². The quantitative estimate of drug-likeness (QED) is 0.172. The van der Waals surface area contributed by atoms with Crippen LogP contribution in [0.3, 0.4) is 0 Å². The minimum Gasteiger partial charge on any atom is -0.436 e. The lowest BCUT2D eigenvalue weighted by Gasteiger charge is -2.34. The first-order valence-electron chi connectivity index (χ1n) is 18.4. The number of fused-ring (bicyclic) bond motifs is 5. The summed E-state index contributed by atoms with van der Waals surface area (Å²) in [5.74, 6) is 1.06. The highest BCUT2D eigenvalue weighted by molar-refractivity contribution is 5.89. The molecule has 10 aromatic rings. The molecule has 0 unspecified atom stereocenters. The Hall–Kier alpha value is -7.37. The average Bonchev–Trinajstić information content (AvgIpc) is 3.97. The molecule has 0 radical (unpaired) electrons. The van der Waals surface area contributed by atoms with Gasteiger partial charge in [0.25, 0.3) is 0 Å². The molecular weight excluding hydrogens is 675 g/mol. The van der Waals surface area contributed by atoms with Crippen molar-refractivity contribution in [2.45, 2.75) is 5.41 Å². The first-order valence-corrected chi connectivity index (χ1v) is 18.4. The highest BCUT2D eigenvalue weighted by Gasteiger charge is 2.46. The minimum absolute atomic E-state index is 0.488. The van der Waals surface area contributed by atoms with Gasteiger partial charge in [-0.25, -0.2) is 9.97 Å². The summed E-state index contributed by atoms with van der Waals surface area (Å²) in [5, 5.41) is 0. The fourth-order valence-electron chi connectivity index (χ4n) is 8.41. The zero-order valence-corrected chi connectivity index (χ0v) is 29.6. The van der Waals surface area contributed by atoms with Crippen LogP contribution < -0.4 is 0 Å². The first-order chi connectivity index (χ1) is 27.2. The van der Waals surface area contributed by atoms with Gasteiger partial charge >= 0.3 is 0 Å². The highest BCUT2D eigenvalue weighted by Crippen LogP contribution is 2.56. The van der Waals surface area contributed by atoms with Gasteiger partial charge in [0.2, 0.25) is 11.8 Å². The van der Waals surface area contributed by atoms with Crippen LogP contribution in [-0.2, 0) is 5.41 Å². The van der Waals surface area contributed by atoms with Crippen molar-refractivity contribution >= 4 is 22.2 Å². The topological polar surface area (TPSA) is 65.0 Å². The Morgan fingerprint density at radius 3 is 1.47 bits per heavy atom. The van der Waals surface area contributed by atoms with Gasteiger partial charge < -0.3 is 8.83 Å². The van der Waals surface area contributed by atoms with Gasteiger partial charge in [-0.15, -0.1) is 0 Å². The molecule has 0 N–H and O–H groups in total. The summed E-state index contributed by atoms with van der Waals surface area (Å²) in [6.07, 6.45) is 3.86. The summed E-state index contributed by atoms with van der Waals surface area (Å²) in [4.78, 5) is 14.5. The molecule has 0 aliphatic heterocycles. The first kappa shape index (κ1) is 31.2. The lowest BCUT2D eigenvalue weighted by molar-refractivity contribution is 0.617. The SMILES string of the molecule is c1ccc(C2(c3ccccc3)c3ccccc3-c3ccc(-c4cncc(-c5cc(-c6nc7ccccc7o6)cc(-c6nc7ccccc7o6)c5)c4)cc32)cc1. The Balaban J connectivity index is 1.08. The van der Waals surface area contributed by atoms with Gasteiger partial charge in [-0.3, -0.25) is 4.98 Å². The van der Waals surface area contributed by atoms with E-state index in [0.717, 1.165) is 55.6 Å². The molecule has 0 bridgehead atoms. The molecule has 3 aromatic heterocycles. The second kappa shape index (κ2) is 12.4. The van der Waals surface area contributed by atoms with Crippen LogP contribution in [0, 0.1) is 0 Å². The molecule has 0 amide bonds. The zero-order valence-electron chi connectivity index (χ0n) is 29.6. The van der Waals surface area contributed by atoms with E-state index in [-0.39, 0.29) is 0 Å². The molecule has 0 saturated heterocycles. The summed E-state index contributed by atoms with van der Waals surface area (Å²) < 4.78 is 12.5. The van der Waals surface area contributed by atoms with Gasteiger partial charge in [-0.05, 0) is 99.1 Å². The fraction of sp³-hybridized carbons (Fsp3) is 0.0200. The van der Waals surface area contributed by atoms with Gasteiger partial charge in [-0.2, -0.15) is 0 Å². The molecule has 3 heterocycles. The maximum absolute atomic E-state index is 6.27. The normalized spacial score (nSPS) is 12.9. The smallest absolute Gasteiger partial charge is 0.227 e. The molecular formula is C50H31N3O2. The predicted molar refractivity (Wildman–Crippen MR) is 218 cm³/mol. The molecule has 258 valence electrons. The third-order valence-electron chi connectivity index (χ3n) is 10.9. The van der Waals surface area contributed by atoms with Gasteiger partial charge in [0, 0.05) is 34.6 Å². The zero-order chi connectivity index (χ0) is 36.3. The molecule has 0 spiro atoms. The third-order valence-corrected chi connectivity index (χ3v) is 10.9. The molecule has 55 heavy (non-hydrogen) atoms. The van der Waals surface area contributed by atoms with Crippen LogP contribution in [0.1, 0.15) is 22.3 Å². The van der Waals surface area contributed by atoms with E-state index < -0.39 is 5.41 Å². The number of rotatable bonds is 6. The number of hydrogen-bond donors (Lipinski definition) is 0. The Labute approximate surface area is 317 Å². The van der Waals surface area contributed by atoms with E-state index in [1.807, 2.05) is 67.0 Å². The lowest BCUT2D eigenvalue weighted by Crippen LogP contribution is -2.28. The van der Waals surface area contributed by atoms with Gasteiger partial charge in [-0.1, -0.05) is 121 Å². The van der Waals surface area contributed by atoms with Crippen molar-refractivity contribution in [1.29, 1.82) is 0 Å². The molecule has 11 rings (SSSR count). The van der Waals surface area contributed by atoms with Crippen LogP contribution in [0.5, 0.6) is 0 Å². The second-order valence-electron chi connectivity index (χ2n) is 14.0. The standard InChI is InChI=1S/C50H31N3O2/c1-3-13-38(14-4-1)50(39-15-5-2-6-16-39)42-18-8-7-17-40(42)41-24-23-32(29-43(41)50)36-28-37(31-51-30-36)33-25-34(48-52-44-19-9-11-21-46(44)54-48)27-35(26-33)49-53-45-20-10-12-22-47(45)55-49/h1-31H. The Kier molecular flexibility index (Phi) is 7.01. The summed E-state index contributed by atoms with van der Waals surface area (Å²) in [6.45, 7) is 0. The van der Waals surface area contributed by atoms with E-state index in [1.54, 1.807) is 0 Å². The maximum Gasteiger partial charge on any atom is 0.227 e. The third kappa shape index (κ3) is 4.98. The number of para-hydroxylation sites is 4. The average molecular weight is 706 g/mol. The highest BCUT2D eigenvalue weighted by atomic mass is 16.4. The minimum atomic E-state index is -0.488. The van der Waals surface area contributed by atoms with E-state index in [2.05, 4.69) is 121 Å². The number of oxazole rings is 2. The number of pyridine rings is 1. The predicted octanol–water partition coefficient (Wildman–Crippen LogP) is 12.4. The van der Waals surface area contributed by atoms with Crippen molar-refractivity contribution in [1.82, 2.24) is 15.0 Å². The van der Waals surface area contributed by atoms with Crippen LogP contribution in [-0.4, -0.2) is 15.0 Å². The summed E-state index contributed by atoms with van der Waals surface area (Å²) in [6, 6.07) is 61.6. The van der Waals surface area contributed by atoms with E-state index >= 15 is 0 Å². The molecule has 0 fully saturated rings. The van der Waals surface area contributed by atoms with Crippen molar-refractivity contribution < 1.29 is 8.83 Å². The van der Waals surface area contributed by atoms with Crippen molar-refractivity contribution in [2.24, 2.45) is 0 Å². The molecule has 5 nitrogen and oxygen atoms in total. The molecule has 7 aromatic carbocycles. The number of hydrogen-bond acceptors (Lipinski definition) is 5. The van der Waals surface area contributed by atoms with Crippen LogP contribution >= 0.6 is 0 Å². The van der Waals surface area contributed by atoms with Crippen molar-refractivity contribution in [2.75, 3.05) is 0 Å². The number of benzene rings is 7. The van der Waals surface area contributed by atoms with Crippen LogP contribution in [0.4, 0.5) is 0 Å². The second-order valence-corrected chi connectivity index (χ2v) is 14.0. The number of nitrogens with zero attached hydrogens (tertiary/aromatic N) is 3. The van der Waals surface area contributed by atoms with Gasteiger partial charge in [0.1, 0.15) is 11.0 Å². The number of aromatic nitrogens is 3. The van der Waals surface area contributed by atoms with E-state index in [4.69, 9.17) is 23.8 Å².